The molecule has 0 saturated carbocycles. The summed E-state index contributed by atoms with van der Waals surface area (Å²) in [5.74, 6) is 0.956. The van der Waals surface area contributed by atoms with Crippen LogP contribution in [-0.4, -0.2) is 38.1 Å². The SMILES string of the molecule is CC(C)Oc1ccc([C@@H](C)NC(=O)N[C@H]2CCS(=O)(=O)C2)cc1. The highest BCUT2D eigenvalue weighted by molar-refractivity contribution is 7.91. The van der Waals surface area contributed by atoms with Gasteiger partial charge in [-0.1, -0.05) is 12.1 Å². The van der Waals surface area contributed by atoms with Crippen LogP contribution < -0.4 is 15.4 Å². The fraction of sp³-hybridized carbons (Fsp3) is 0.562. The Morgan fingerprint density at radius 1 is 1.22 bits per heavy atom. The molecule has 1 aliphatic rings. The first kappa shape index (κ1) is 17.6. The largest absolute Gasteiger partial charge is 0.491 e. The summed E-state index contributed by atoms with van der Waals surface area (Å²) in [6.07, 6.45) is 0.593. The molecular formula is C16H24N2O4S. The van der Waals surface area contributed by atoms with Crippen LogP contribution in [0.2, 0.25) is 0 Å². The van der Waals surface area contributed by atoms with Crippen molar-refractivity contribution < 1.29 is 17.9 Å². The molecule has 0 bridgehead atoms. The normalized spacial score (nSPS) is 21.0. The lowest BCUT2D eigenvalue weighted by Gasteiger charge is -2.18. The van der Waals surface area contributed by atoms with Crippen molar-refractivity contribution in [2.24, 2.45) is 0 Å². The molecule has 1 aliphatic heterocycles. The zero-order valence-electron chi connectivity index (χ0n) is 13.7. The lowest BCUT2D eigenvalue weighted by Crippen LogP contribution is -2.43. The molecule has 2 rings (SSSR count). The van der Waals surface area contributed by atoms with Crippen LogP contribution >= 0.6 is 0 Å². The number of ether oxygens (including phenoxy) is 1. The molecule has 128 valence electrons. The Morgan fingerprint density at radius 3 is 2.39 bits per heavy atom. The number of nitrogens with one attached hydrogen (secondary N) is 2. The van der Waals surface area contributed by atoms with Gasteiger partial charge in [0.1, 0.15) is 5.75 Å². The molecule has 6 nitrogen and oxygen atoms in total. The number of benzene rings is 1. The van der Waals surface area contributed by atoms with E-state index in [1.54, 1.807) is 0 Å². The third-order valence-electron chi connectivity index (χ3n) is 3.67. The Balaban J connectivity index is 1.86. The van der Waals surface area contributed by atoms with Crippen LogP contribution in [0.3, 0.4) is 0 Å². The van der Waals surface area contributed by atoms with Gasteiger partial charge in [0.25, 0.3) is 0 Å². The van der Waals surface area contributed by atoms with Gasteiger partial charge in [-0.2, -0.15) is 0 Å². The van der Waals surface area contributed by atoms with E-state index >= 15 is 0 Å². The molecule has 0 spiro atoms. The average molecular weight is 340 g/mol. The first-order valence-electron chi connectivity index (χ1n) is 7.79. The summed E-state index contributed by atoms with van der Waals surface area (Å²) in [5, 5.41) is 5.54. The Bertz CT molecular complexity index is 641. The van der Waals surface area contributed by atoms with Crippen molar-refractivity contribution in [3.8, 4) is 5.75 Å². The van der Waals surface area contributed by atoms with E-state index in [1.165, 1.54) is 0 Å². The first-order valence-corrected chi connectivity index (χ1v) is 9.61. The monoisotopic (exact) mass is 340 g/mol. The zero-order valence-corrected chi connectivity index (χ0v) is 14.5. The Labute approximate surface area is 137 Å². The van der Waals surface area contributed by atoms with E-state index in [1.807, 2.05) is 45.0 Å². The van der Waals surface area contributed by atoms with E-state index in [-0.39, 0.29) is 35.7 Å². The van der Waals surface area contributed by atoms with Gasteiger partial charge in [0, 0.05) is 6.04 Å². The van der Waals surface area contributed by atoms with Crippen molar-refractivity contribution in [2.45, 2.75) is 45.4 Å². The predicted molar refractivity (Wildman–Crippen MR) is 89.3 cm³/mol. The van der Waals surface area contributed by atoms with Gasteiger partial charge in [-0.25, -0.2) is 13.2 Å². The highest BCUT2D eigenvalue weighted by Gasteiger charge is 2.29. The Kier molecular flexibility index (Phi) is 5.51. The highest BCUT2D eigenvalue weighted by Crippen LogP contribution is 2.18. The maximum Gasteiger partial charge on any atom is 0.315 e. The summed E-state index contributed by atoms with van der Waals surface area (Å²) in [6, 6.07) is 6.73. The van der Waals surface area contributed by atoms with Crippen molar-refractivity contribution in [3.05, 3.63) is 29.8 Å². The lowest BCUT2D eigenvalue weighted by molar-refractivity contribution is 0.235. The summed E-state index contributed by atoms with van der Waals surface area (Å²) in [7, 11) is -2.99. The van der Waals surface area contributed by atoms with Gasteiger partial charge in [0.2, 0.25) is 0 Å². The van der Waals surface area contributed by atoms with E-state index in [0.717, 1.165) is 11.3 Å². The minimum Gasteiger partial charge on any atom is -0.491 e. The third-order valence-corrected chi connectivity index (χ3v) is 5.44. The fourth-order valence-corrected chi connectivity index (χ4v) is 4.20. The van der Waals surface area contributed by atoms with E-state index in [4.69, 9.17) is 4.74 Å². The topological polar surface area (TPSA) is 84.5 Å². The Morgan fingerprint density at radius 2 is 1.87 bits per heavy atom. The first-order chi connectivity index (χ1) is 10.7. The molecule has 7 heteroatoms. The number of rotatable bonds is 5. The number of sulfone groups is 1. The van der Waals surface area contributed by atoms with Gasteiger partial charge in [-0.3, -0.25) is 0 Å². The van der Waals surface area contributed by atoms with Crippen molar-refractivity contribution in [2.75, 3.05) is 11.5 Å². The van der Waals surface area contributed by atoms with Crippen molar-refractivity contribution in [1.82, 2.24) is 10.6 Å². The van der Waals surface area contributed by atoms with Crippen LogP contribution in [0, 0.1) is 0 Å². The van der Waals surface area contributed by atoms with E-state index in [0.29, 0.717) is 6.42 Å². The summed E-state index contributed by atoms with van der Waals surface area (Å²) in [4.78, 5) is 12.0. The van der Waals surface area contributed by atoms with Gasteiger partial charge in [-0.05, 0) is 44.9 Å². The summed E-state index contributed by atoms with van der Waals surface area (Å²) >= 11 is 0. The molecule has 1 fully saturated rings. The molecule has 2 N–H and O–H groups in total. The van der Waals surface area contributed by atoms with Gasteiger partial charge in [-0.15, -0.1) is 0 Å². The lowest BCUT2D eigenvalue weighted by atomic mass is 10.1. The number of carbonyl (C=O) groups is 1. The molecule has 0 aromatic heterocycles. The molecular weight excluding hydrogens is 316 g/mol. The molecule has 2 atom stereocenters. The fourth-order valence-electron chi connectivity index (χ4n) is 2.52. The highest BCUT2D eigenvalue weighted by atomic mass is 32.2. The molecule has 1 aromatic carbocycles. The van der Waals surface area contributed by atoms with Crippen molar-refractivity contribution in [3.63, 3.8) is 0 Å². The maximum absolute atomic E-state index is 12.0. The smallest absolute Gasteiger partial charge is 0.315 e. The van der Waals surface area contributed by atoms with Crippen LogP contribution in [0.1, 0.15) is 38.8 Å². The van der Waals surface area contributed by atoms with E-state index < -0.39 is 9.84 Å². The Hall–Kier alpha value is -1.76. The summed E-state index contributed by atoms with van der Waals surface area (Å²) in [6.45, 7) is 5.81. The third kappa shape index (κ3) is 5.42. The number of hydrogen-bond donors (Lipinski definition) is 2. The predicted octanol–water partition coefficient (Wildman–Crippen LogP) is 2.02. The van der Waals surface area contributed by atoms with Crippen LogP contribution in [-0.2, 0) is 9.84 Å². The molecule has 1 heterocycles. The van der Waals surface area contributed by atoms with Gasteiger partial charge >= 0.3 is 6.03 Å². The molecule has 23 heavy (non-hydrogen) atoms. The summed E-state index contributed by atoms with van der Waals surface area (Å²) < 4.78 is 28.4. The number of amides is 2. The molecule has 1 aromatic rings. The molecule has 0 radical (unpaired) electrons. The minimum absolute atomic E-state index is 0.0238. The second kappa shape index (κ2) is 7.21. The molecule has 1 saturated heterocycles. The average Bonchev–Trinajstić information content (AvgIpc) is 2.77. The minimum atomic E-state index is -2.99. The van der Waals surface area contributed by atoms with Gasteiger partial charge in [0.15, 0.2) is 9.84 Å². The summed E-state index contributed by atoms with van der Waals surface area (Å²) in [5.41, 5.74) is 0.954. The number of urea groups is 1. The number of carbonyl (C=O) groups excluding carboxylic acids is 1. The van der Waals surface area contributed by atoms with Crippen LogP contribution in [0.25, 0.3) is 0 Å². The van der Waals surface area contributed by atoms with Crippen LogP contribution in [0.5, 0.6) is 5.75 Å². The quantitative estimate of drug-likeness (QED) is 0.859. The van der Waals surface area contributed by atoms with Crippen molar-refractivity contribution >= 4 is 15.9 Å². The van der Waals surface area contributed by atoms with E-state index in [9.17, 15) is 13.2 Å². The van der Waals surface area contributed by atoms with Crippen molar-refractivity contribution in [1.29, 1.82) is 0 Å². The molecule has 2 amide bonds. The van der Waals surface area contributed by atoms with Gasteiger partial charge < -0.3 is 15.4 Å². The molecule has 0 unspecified atom stereocenters. The maximum atomic E-state index is 12.0. The number of hydrogen-bond acceptors (Lipinski definition) is 4. The zero-order chi connectivity index (χ0) is 17.0. The second-order valence-corrected chi connectivity index (χ2v) is 8.40. The van der Waals surface area contributed by atoms with E-state index in [2.05, 4.69) is 10.6 Å². The second-order valence-electron chi connectivity index (χ2n) is 6.18. The van der Waals surface area contributed by atoms with Gasteiger partial charge in [0.05, 0.1) is 23.7 Å². The van der Waals surface area contributed by atoms with Crippen LogP contribution in [0.4, 0.5) is 4.79 Å². The van der Waals surface area contributed by atoms with Crippen LogP contribution in [0.15, 0.2) is 24.3 Å². The molecule has 0 aliphatic carbocycles. The standard InChI is InChI=1S/C16H24N2O4S/c1-11(2)22-15-6-4-13(5-7-15)12(3)17-16(19)18-14-8-9-23(20,21)10-14/h4-7,11-12,14H,8-10H2,1-3H3,(H2,17,18,19)/t12-,14+/m1/s1.